The number of hydrogen-bond acceptors (Lipinski definition) is 5. The molecule has 4 aromatic rings. The first-order chi connectivity index (χ1) is 15.6. The Bertz CT molecular complexity index is 1300. The van der Waals surface area contributed by atoms with Gasteiger partial charge in [-0.15, -0.1) is 0 Å². The monoisotopic (exact) mass is 442 g/mol. The van der Waals surface area contributed by atoms with E-state index in [1.54, 1.807) is 6.20 Å². The summed E-state index contributed by atoms with van der Waals surface area (Å²) in [5.41, 5.74) is 10.1. The lowest BCUT2D eigenvalue weighted by Crippen LogP contribution is -2.13. The number of benzene rings is 2. The molecule has 2 aromatic heterocycles. The van der Waals surface area contributed by atoms with E-state index in [0.717, 1.165) is 34.9 Å². The van der Waals surface area contributed by atoms with Crippen molar-refractivity contribution in [3.05, 3.63) is 71.5 Å². The number of aromatic nitrogens is 3. The minimum Gasteiger partial charge on any atom is -0.382 e. The Balaban J connectivity index is 1.67. The Kier molecular flexibility index (Phi) is 5.58. The lowest BCUT2D eigenvalue weighted by Gasteiger charge is -2.14. The van der Waals surface area contributed by atoms with Crippen LogP contribution in [0.4, 0.5) is 5.82 Å². The number of nitrogens with zero attached hydrogens (tertiary/aromatic N) is 3. The number of carbonyl (C=O) groups is 1. The van der Waals surface area contributed by atoms with Gasteiger partial charge in [0.2, 0.25) is 0 Å². The highest BCUT2D eigenvalue weighted by Gasteiger charge is 2.24. The summed E-state index contributed by atoms with van der Waals surface area (Å²) < 4.78 is 0. The standard InChI is InChI=1S/C26H23ClN4O/c27-20-15-19(14-18-11-6-12-29-22(18)20)24-23(17-9-2-1-3-10-17)31-26(28)25(30-24)21(32)13-16-7-4-5-8-16/h1-3,6,9-12,14-16H,4-5,7-8,13H2,(H2,28,31). The molecule has 1 aliphatic rings. The van der Waals surface area contributed by atoms with Crippen LogP contribution in [0.5, 0.6) is 0 Å². The van der Waals surface area contributed by atoms with Gasteiger partial charge in [-0.2, -0.15) is 0 Å². The molecule has 1 aliphatic carbocycles. The molecular weight excluding hydrogens is 420 g/mol. The Morgan fingerprint density at radius 1 is 0.969 bits per heavy atom. The number of rotatable bonds is 5. The van der Waals surface area contributed by atoms with Crippen molar-refractivity contribution in [1.82, 2.24) is 15.0 Å². The van der Waals surface area contributed by atoms with E-state index < -0.39 is 0 Å². The molecule has 5 rings (SSSR count). The zero-order chi connectivity index (χ0) is 22.1. The molecule has 0 bridgehead atoms. The van der Waals surface area contributed by atoms with Crippen molar-refractivity contribution in [3.8, 4) is 22.5 Å². The third kappa shape index (κ3) is 3.96. The first-order valence-corrected chi connectivity index (χ1v) is 11.3. The first kappa shape index (κ1) is 20.6. The number of Topliss-reactive ketones (excluding diaryl/α,β-unsaturated/α-hetero) is 1. The fraction of sp³-hybridized carbons (Fsp3) is 0.231. The van der Waals surface area contributed by atoms with Crippen molar-refractivity contribution in [2.75, 3.05) is 5.73 Å². The molecular formula is C26H23ClN4O. The van der Waals surface area contributed by atoms with Crippen LogP contribution in [0.15, 0.2) is 60.8 Å². The topological polar surface area (TPSA) is 81.8 Å². The summed E-state index contributed by atoms with van der Waals surface area (Å²) in [7, 11) is 0. The predicted molar refractivity (Wildman–Crippen MR) is 129 cm³/mol. The van der Waals surface area contributed by atoms with Crippen LogP contribution in [-0.2, 0) is 0 Å². The fourth-order valence-corrected chi connectivity index (χ4v) is 4.79. The average molecular weight is 443 g/mol. The van der Waals surface area contributed by atoms with Crippen LogP contribution in [0.1, 0.15) is 42.6 Å². The number of carbonyl (C=O) groups excluding carboxylic acids is 1. The van der Waals surface area contributed by atoms with Crippen LogP contribution in [0, 0.1) is 5.92 Å². The Labute approximate surface area is 191 Å². The third-order valence-corrected chi connectivity index (χ3v) is 6.40. The van der Waals surface area contributed by atoms with Crippen LogP contribution in [0.2, 0.25) is 5.02 Å². The molecule has 2 heterocycles. The maximum Gasteiger partial charge on any atom is 0.185 e. The smallest absolute Gasteiger partial charge is 0.185 e. The quantitative estimate of drug-likeness (QED) is 0.364. The zero-order valence-electron chi connectivity index (χ0n) is 17.6. The van der Waals surface area contributed by atoms with E-state index >= 15 is 0 Å². The summed E-state index contributed by atoms with van der Waals surface area (Å²) in [6, 6.07) is 17.4. The number of halogens is 1. The van der Waals surface area contributed by atoms with Crippen molar-refractivity contribution < 1.29 is 4.79 Å². The Morgan fingerprint density at radius 2 is 1.72 bits per heavy atom. The van der Waals surface area contributed by atoms with Crippen LogP contribution in [0.25, 0.3) is 33.4 Å². The van der Waals surface area contributed by atoms with Crippen molar-refractivity contribution in [2.24, 2.45) is 5.92 Å². The molecule has 5 nitrogen and oxygen atoms in total. The van der Waals surface area contributed by atoms with Gasteiger partial charge in [0.25, 0.3) is 0 Å². The molecule has 1 saturated carbocycles. The highest BCUT2D eigenvalue weighted by molar-refractivity contribution is 6.35. The van der Waals surface area contributed by atoms with Gasteiger partial charge in [0.05, 0.1) is 21.9 Å². The molecule has 0 aliphatic heterocycles. The summed E-state index contributed by atoms with van der Waals surface area (Å²) >= 11 is 6.56. The molecule has 0 unspecified atom stereocenters. The molecule has 1 fully saturated rings. The van der Waals surface area contributed by atoms with E-state index in [1.165, 1.54) is 12.8 Å². The summed E-state index contributed by atoms with van der Waals surface area (Å²) in [6.07, 6.45) is 6.71. The lowest BCUT2D eigenvalue weighted by molar-refractivity contribution is 0.0958. The second kappa shape index (κ2) is 8.67. The van der Waals surface area contributed by atoms with Gasteiger partial charge < -0.3 is 5.73 Å². The second-order valence-electron chi connectivity index (χ2n) is 8.33. The summed E-state index contributed by atoms with van der Waals surface area (Å²) in [5.74, 6) is 0.530. The maximum atomic E-state index is 13.1. The highest BCUT2D eigenvalue weighted by Crippen LogP contribution is 2.36. The van der Waals surface area contributed by atoms with E-state index in [0.29, 0.717) is 28.7 Å². The number of nitrogen functional groups attached to an aromatic ring is 1. The van der Waals surface area contributed by atoms with Crippen molar-refractivity contribution in [1.29, 1.82) is 0 Å². The van der Waals surface area contributed by atoms with E-state index in [-0.39, 0.29) is 17.3 Å². The van der Waals surface area contributed by atoms with Gasteiger partial charge in [0.15, 0.2) is 11.6 Å². The number of nitrogens with two attached hydrogens (primary N) is 1. The Hall–Kier alpha value is -3.31. The summed E-state index contributed by atoms with van der Waals surface area (Å²) in [6.45, 7) is 0. The maximum absolute atomic E-state index is 13.1. The van der Waals surface area contributed by atoms with Gasteiger partial charge in [0.1, 0.15) is 5.69 Å². The predicted octanol–water partition coefficient (Wildman–Crippen LogP) is 6.36. The van der Waals surface area contributed by atoms with E-state index in [9.17, 15) is 4.79 Å². The van der Waals surface area contributed by atoms with Crippen LogP contribution >= 0.6 is 11.6 Å². The minimum atomic E-state index is -0.0451. The van der Waals surface area contributed by atoms with Crippen molar-refractivity contribution >= 4 is 34.1 Å². The molecule has 32 heavy (non-hydrogen) atoms. The molecule has 0 amide bonds. The van der Waals surface area contributed by atoms with Gasteiger partial charge in [-0.25, -0.2) is 9.97 Å². The Morgan fingerprint density at radius 3 is 2.50 bits per heavy atom. The molecule has 2 aromatic carbocycles. The van der Waals surface area contributed by atoms with Gasteiger partial charge in [-0.3, -0.25) is 9.78 Å². The van der Waals surface area contributed by atoms with Gasteiger partial charge in [0, 0.05) is 29.1 Å². The largest absolute Gasteiger partial charge is 0.382 e. The van der Waals surface area contributed by atoms with E-state index in [4.69, 9.17) is 22.3 Å². The van der Waals surface area contributed by atoms with Crippen LogP contribution in [-0.4, -0.2) is 20.7 Å². The normalized spacial score (nSPS) is 14.2. The number of hydrogen-bond donors (Lipinski definition) is 1. The molecule has 2 N–H and O–H groups in total. The van der Waals surface area contributed by atoms with Gasteiger partial charge in [-0.05, 0) is 24.1 Å². The zero-order valence-corrected chi connectivity index (χ0v) is 18.3. The summed E-state index contributed by atoms with van der Waals surface area (Å²) in [4.78, 5) is 26.9. The van der Waals surface area contributed by atoms with Crippen molar-refractivity contribution in [3.63, 3.8) is 0 Å². The molecule has 6 heteroatoms. The second-order valence-corrected chi connectivity index (χ2v) is 8.74. The number of ketones is 1. The molecule has 0 atom stereocenters. The van der Waals surface area contributed by atoms with Gasteiger partial charge >= 0.3 is 0 Å². The molecule has 160 valence electrons. The molecule has 0 radical (unpaired) electrons. The number of fused-ring (bicyclic) bond motifs is 1. The summed E-state index contributed by atoms with van der Waals surface area (Å²) in [5, 5.41) is 1.42. The minimum absolute atomic E-state index is 0.0451. The number of anilines is 1. The lowest BCUT2D eigenvalue weighted by atomic mass is 9.98. The van der Waals surface area contributed by atoms with Crippen LogP contribution in [0.3, 0.4) is 0 Å². The van der Waals surface area contributed by atoms with E-state index in [1.807, 2.05) is 54.6 Å². The van der Waals surface area contributed by atoms with Gasteiger partial charge in [-0.1, -0.05) is 73.7 Å². The molecule has 0 spiro atoms. The SMILES string of the molecule is Nc1nc(-c2ccccc2)c(-c2cc(Cl)c3ncccc3c2)nc1C(=O)CC1CCCC1. The van der Waals surface area contributed by atoms with Crippen LogP contribution < -0.4 is 5.73 Å². The van der Waals surface area contributed by atoms with Crippen molar-refractivity contribution in [2.45, 2.75) is 32.1 Å². The first-order valence-electron chi connectivity index (χ1n) is 10.9. The molecule has 0 saturated heterocycles. The van der Waals surface area contributed by atoms with E-state index in [2.05, 4.69) is 9.97 Å². The third-order valence-electron chi connectivity index (χ3n) is 6.11. The fourth-order valence-electron chi connectivity index (χ4n) is 4.51. The highest BCUT2D eigenvalue weighted by atomic mass is 35.5. The number of pyridine rings is 1. The average Bonchev–Trinajstić information content (AvgIpc) is 3.32.